The maximum atomic E-state index is 6.10. The first-order chi connectivity index (χ1) is 13.0. The van der Waals surface area contributed by atoms with Crippen LogP contribution in [-0.2, 0) is 0 Å². The van der Waals surface area contributed by atoms with Crippen molar-refractivity contribution in [3.05, 3.63) is 66.7 Å². The average Bonchev–Trinajstić information content (AvgIpc) is 2.62. The number of hydrogen-bond donors (Lipinski definition) is 0. The lowest BCUT2D eigenvalue weighted by Crippen LogP contribution is -2.09. The van der Waals surface area contributed by atoms with Crippen LogP contribution in [0.4, 0.5) is 0 Å². The molecule has 0 saturated carbocycles. The molecule has 3 aromatic rings. The second-order valence-corrected chi connectivity index (χ2v) is 7.72. The zero-order valence-corrected chi connectivity index (χ0v) is 17.6. The van der Waals surface area contributed by atoms with Gasteiger partial charge in [-0.25, -0.2) is 0 Å². The molecule has 0 aliphatic heterocycles. The van der Waals surface area contributed by atoms with Gasteiger partial charge >= 0.3 is 0 Å². The van der Waals surface area contributed by atoms with Gasteiger partial charge in [0.15, 0.2) is 0 Å². The molecule has 0 bridgehead atoms. The van der Waals surface area contributed by atoms with E-state index in [-0.39, 0.29) is 12.2 Å². The Morgan fingerprint density at radius 2 is 1.07 bits per heavy atom. The molecule has 2 nitrogen and oxygen atoms in total. The molecule has 0 fully saturated rings. The molecule has 0 aliphatic carbocycles. The van der Waals surface area contributed by atoms with Gasteiger partial charge in [-0.05, 0) is 50.7 Å². The summed E-state index contributed by atoms with van der Waals surface area (Å²) in [4.78, 5) is 0. The van der Waals surface area contributed by atoms with Gasteiger partial charge in [0.05, 0.1) is 12.2 Å². The molecule has 0 radical (unpaired) electrons. The van der Waals surface area contributed by atoms with E-state index >= 15 is 0 Å². The van der Waals surface area contributed by atoms with Crippen molar-refractivity contribution in [3.63, 3.8) is 0 Å². The Labute approximate surface area is 164 Å². The summed E-state index contributed by atoms with van der Waals surface area (Å²) in [6, 6.07) is 22.8. The quantitative estimate of drug-likeness (QED) is 0.483. The summed E-state index contributed by atoms with van der Waals surface area (Å²) >= 11 is 0. The highest BCUT2D eigenvalue weighted by Gasteiger charge is 2.17. The highest BCUT2D eigenvalue weighted by atomic mass is 31.0. The van der Waals surface area contributed by atoms with E-state index in [9.17, 15) is 0 Å². The van der Waals surface area contributed by atoms with Crippen molar-refractivity contribution in [2.24, 2.45) is 0 Å². The molecule has 1 unspecified atom stereocenters. The van der Waals surface area contributed by atoms with E-state index in [0.29, 0.717) is 0 Å². The first-order valence-corrected chi connectivity index (χ1v) is 9.95. The van der Waals surface area contributed by atoms with E-state index in [0.717, 1.165) is 39.1 Å². The minimum atomic E-state index is 0.114. The molecule has 0 spiro atoms. The molecule has 0 heterocycles. The summed E-state index contributed by atoms with van der Waals surface area (Å²) < 4.78 is 12.2. The smallest absolute Gasteiger partial charge is 0.127 e. The number of ether oxygens (including phenoxy) is 2. The zero-order valence-electron chi connectivity index (χ0n) is 16.4. The predicted octanol–water partition coefficient (Wildman–Crippen LogP) is 6.10. The van der Waals surface area contributed by atoms with Crippen molar-refractivity contribution in [2.75, 3.05) is 0 Å². The Kier molecular flexibility index (Phi) is 6.19. The maximum Gasteiger partial charge on any atom is 0.127 e. The lowest BCUT2D eigenvalue weighted by Gasteiger charge is -2.20. The van der Waals surface area contributed by atoms with Gasteiger partial charge in [0.25, 0.3) is 0 Å². The average molecular weight is 378 g/mol. The van der Waals surface area contributed by atoms with Crippen LogP contribution < -0.4 is 14.8 Å². The first kappa shape index (κ1) is 19.5. The van der Waals surface area contributed by atoms with Gasteiger partial charge in [0, 0.05) is 16.7 Å². The van der Waals surface area contributed by atoms with E-state index in [1.54, 1.807) is 0 Å². The van der Waals surface area contributed by atoms with Gasteiger partial charge in [-0.1, -0.05) is 54.6 Å². The summed E-state index contributed by atoms with van der Waals surface area (Å²) in [5, 5.41) is 1.13. The van der Waals surface area contributed by atoms with Gasteiger partial charge < -0.3 is 9.47 Å². The van der Waals surface area contributed by atoms with Crippen LogP contribution in [0, 0.1) is 0 Å². The molecule has 3 heteroatoms. The molecule has 3 rings (SSSR count). The fourth-order valence-electron chi connectivity index (χ4n) is 3.17. The Balaban J connectivity index is 2.22. The van der Waals surface area contributed by atoms with Crippen molar-refractivity contribution < 1.29 is 9.47 Å². The largest absolute Gasteiger partial charge is 0.490 e. The van der Waals surface area contributed by atoms with Crippen LogP contribution in [0.15, 0.2) is 66.7 Å². The third-order valence-corrected chi connectivity index (χ3v) is 4.64. The Bertz CT molecular complexity index is 916. The fourth-order valence-corrected chi connectivity index (χ4v) is 3.59. The van der Waals surface area contributed by atoms with Crippen LogP contribution in [0.3, 0.4) is 0 Å². The highest BCUT2D eigenvalue weighted by molar-refractivity contribution is 7.28. The fraction of sp³-hybridized carbons (Fsp3) is 0.250. The summed E-state index contributed by atoms with van der Waals surface area (Å²) in [5.41, 5.74) is 4.47. The summed E-state index contributed by atoms with van der Waals surface area (Å²) in [5.74, 6) is 1.79. The van der Waals surface area contributed by atoms with Gasteiger partial charge in [-0.15, -0.1) is 9.24 Å². The Hall–Kier alpha value is -2.31. The lowest BCUT2D eigenvalue weighted by molar-refractivity contribution is 0.243. The van der Waals surface area contributed by atoms with Crippen molar-refractivity contribution in [1.82, 2.24) is 0 Å². The minimum absolute atomic E-state index is 0.114. The molecule has 140 valence electrons. The van der Waals surface area contributed by atoms with Crippen molar-refractivity contribution >= 4 is 14.5 Å². The third kappa shape index (κ3) is 4.51. The molecule has 3 aromatic carbocycles. The van der Waals surface area contributed by atoms with Crippen LogP contribution >= 0.6 is 9.24 Å². The zero-order chi connectivity index (χ0) is 19.4. The van der Waals surface area contributed by atoms with Gasteiger partial charge in [0.2, 0.25) is 0 Å². The van der Waals surface area contributed by atoms with E-state index in [4.69, 9.17) is 9.47 Å². The topological polar surface area (TPSA) is 18.5 Å². The molecule has 0 amide bonds. The van der Waals surface area contributed by atoms with Crippen molar-refractivity contribution in [3.8, 4) is 33.8 Å². The second kappa shape index (κ2) is 8.59. The minimum Gasteiger partial charge on any atom is -0.490 e. The monoisotopic (exact) mass is 378 g/mol. The summed E-state index contributed by atoms with van der Waals surface area (Å²) in [6.07, 6.45) is 0.230. The molecule has 0 aromatic heterocycles. The number of rotatable bonds is 6. The lowest BCUT2D eigenvalue weighted by atomic mass is 9.93. The van der Waals surface area contributed by atoms with Gasteiger partial charge in [0.1, 0.15) is 11.5 Å². The molecule has 0 N–H and O–H groups in total. The molecular formula is C24H27O2P. The van der Waals surface area contributed by atoms with Gasteiger partial charge in [-0.2, -0.15) is 0 Å². The molecular weight excluding hydrogens is 351 g/mol. The van der Waals surface area contributed by atoms with E-state index in [1.165, 1.54) is 0 Å². The molecule has 0 saturated heterocycles. The van der Waals surface area contributed by atoms with E-state index < -0.39 is 0 Å². The summed E-state index contributed by atoms with van der Waals surface area (Å²) in [6.45, 7) is 8.21. The van der Waals surface area contributed by atoms with E-state index in [1.807, 2.05) is 24.3 Å². The SMILES string of the molecule is CC(C)Oc1ccccc1-c1cccc(P)c1-c1ccccc1OC(C)C. The van der Waals surface area contributed by atoms with Crippen LogP contribution in [-0.4, -0.2) is 12.2 Å². The number of para-hydroxylation sites is 2. The third-order valence-electron chi connectivity index (χ3n) is 4.16. The number of benzene rings is 3. The highest BCUT2D eigenvalue weighted by Crippen LogP contribution is 2.40. The number of hydrogen-bond acceptors (Lipinski definition) is 2. The van der Waals surface area contributed by atoms with Gasteiger partial charge in [-0.3, -0.25) is 0 Å². The molecule has 0 aliphatic rings. The second-order valence-electron chi connectivity index (χ2n) is 7.10. The molecule has 1 atom stereocenters. The van der Waals surface area contributed by atoms with Crippen LogP contribution in [0.1, 0.15) is 27.7 Å². The van der Waals surface area contributed by atoms with Crippen molar-refractivity contribution in [2.45, 2.75) is 39.9 Å². The Morgan fingerprint density at radius 1 is 0.593 bits per heavy atom. The van der Waals surface area contributed by atoms with Crippen LogP contribution in [0.5, 0.6) is 11.5 Å². The predicted molar refractivity (Wildman–Crippen MR) is 118 cm³/mol. The summed E-state index contributed by atoms with van der Waals surface area (Å²) in [7, 11) is 2.87. The van der Waals surface area contributed by atoms with Crippen LogP contribution in [0.2, 0.25) is 0 Å². The Morgan fingerprint density at radius 3 is 1.67 bits per heavy atom. The maximum absolute atomic E-state index is 6.10. The normalized spacial score (nSPS) is 11.1. The first-order valence-electron chi connectivity index (χ1n) is 9.38. The van der Waals surface area contributed by atoms with Crippen molar-refractivity contribution in [1.29, 1.82) is 0 Å². The standard InChI is InChI=1S/C24H27O2P/c1-16(2)25-21-13-7-5-10-18(21)19-12-9-15-23(27)24(19)20-11-6-8-14-22(20)26-17(3)4/h5-17H,27H2,1-4H3. The van der Waals surface area contributed by atoms with Crippen LogP contribution in [0.25, 0.3) is 22.3 Å². The molecule has 27 heavy (non-hydrogen) atoms. The van der Waals surface area contributed by atoms with E-state index in [2.05, 4.69) is 79.4 Å².